The Morgan fingerprint density at radius 1 is 1.00 bits per heavy atom. The molecule has 0 aliphatic carbocycles. The fourth-order valence-corrected chi connectivity index (χ4v) is 5.34. The molecule has 2 aromatic carbocycles. The monoisotopic (exact) mass is 472 g/mol. The summed E-state index contributed by atoms with van der Waals surface area (Å²) in [4.78, 5) is 38.7. The van der Waals surface area contributed by atoms with Crippen LogP contribution >= 0.6 is 0 Å². The normalized spacial score (nSPS) is 19.2. The van der Waals surface area contributed by atoms with Crippen molar-refractivity contribution in [1.29, 1.82) is 0 Å². The summed E-state index contributed by atoms with van der Waals surface area (Å²) in [7, 11) is -2.05. The summed E-state index contributed by atoms with van der Waals surface area (Å²) >= 11 is 0. The van der Waals surface area contributed by atoms with Gasteiger partial charge in [0.25, 0.3) is 11.8 Å². The summed E-state index contributed by atoms with van der Waals surface area (Å²) in [6.45, 7) is 0.992. The van der Waals surface area contributed by atoms with Crippen LogP contribution in [-0.2, 0) is 19.6 Å². The van der Waals surface area contributed by atoms with Crippen molar-refractivity contribution in [2.45, 2.75) is 30.2 Å². The van der Waals surface area contributed by atoms with Crippen molar-refractivity contribution in [3.63, 3.8) is 0 Å². The Labute approximate surface area is 191 Å². The van der Waals surface area contributed by atoms with Crippen LogP contribution in [0.1, 0.15) is 29.6 Å². The van der Waals surface area contributed by atoms with E-state index in [0.29, 0.717) is 24.5 Å². The molecule has 11 heteroatoms. The molecule has 0 aromatic heterocycles. The molecular formula is C22H24N4O6S. The minimum atomic E-state index is -3.57. The van der Waals surface area contributed by atoms with E-state index >= 15 is 0 Å². The highest BCUT2D eigenvalue weighted by atomic mass is 32.2. The molecule has 2 N–H and O–H groups in total. The average molecular weight is 473 g/mol. The maximum Gasteiger partial charge on any atom is 0.265 e. The molecule has 33 heavy (non-hydrogen) atoms. The van der Waals surface area contributed by atoms with Crippen LogP contribution in [0.3, 0.4) is 0 Å². The Kier molecular flexibility index (Phi) is 6.45. The van der Waals surface area contributed by atoms with Gasteiger partial charge >= 0.3 is 0 Å². The van der Waals surface area contributed by atoms with E-state index in [9.17, 15) is 22.8 Å². The van der Waals surface area contributed by atoms with Crippen molar-refractivity contribution in [2.24, 2.45) is 0 Å². The molecule has 2 aliphatic heterocycles. The van der Waals surface area contributed by atoms with E-state index in [1.807, 2.05) is 0 Å². The topological polar surface area (TPSA) is 125 Å². The van der Waals surface area contributed by atoms with Crippen LogP contribution in [0.5, 0.6) is 5.75 Å². The minimum absolute atomic E-state index is 0.113. The predicted molar refractivity (Wildman–Crippen MR) is 119 cm³/mol. The van der Waals surface area contributed by atoms with Crippen molar-refractivity contribution in [1.82, 2.24) is 15.2 Å². The first kappa shape index (κ1) is 22.9. The fourth-order valence-electron chi connectivity index (χ4n) is 3.83. The number of imide groups is 1. The number of nitrogens with zero attached hydrogens (tertiary/aromatic N) is 2. The van der Waals surface area contributed by atoms with E-state index in [1.165, 1.54) is 35.7 Å². The number of hydrogen-bond acceptors (Lipinski definition) is 7. The van der Waals surface area contributed by atoms with Crippen LogP contribution in [0.15, 0.2) is 53.4 Å². The first-order chi connectivity index (χ1) is 15.8. The zero-order valence-corrected chi connectivity index (χ0v) is 18.8. The maximum atomic E-state index is 12.7. The molecule has 2 aromatic rings. The number of hydrazine groups is 1. The number of amides is 3. The number of benzene rings is 2. The van der Waals surface area contributed by atoms with E-state index < -0.39 is 33.8 Å². The summed E-state index contributed by atoms with van der Waals surface area (Å²) in [5, 5.41) is 0. The van der Waals surface area contributed by atoms with Crippen molar-refractivity contribution in [3.05, 3.63) is 54.1 Å². The van der Waals surface area contributed by atoms with Crippen LogP contribution in [0, 0.1) is 0 Å². The number of nitrogens with one attached hydrogen (secondary N) is 2. The molecule has 0 spiro atoms. The van der Waals surface area contributed by atoms with E-state index in [2.05, 4.69) is 10.9 Å². The van der Waals surface area contributed by atoms with Crippen LogP contribution in [-0.4, -0.2) is 56.7 Å². The smallest absolute Gasteiger partial charge is 0.265 e. The van der Waals surface area contributed by atoms with Gasteiger partial charge in [0, 0.05) is 18.7 Å². The van der Waals surface area contributed by atoms with E-state index in [-0.39, 0.29) is 16.9 Å². The van der Waals surface area contributed by atoms with Gasteiger partial charge < -0.3 is 4.74 Å². The SMILES string of the molecule is COc1ccc(N2C(=O)CC(NNC(=O)c3ccc(S(=O)(=O)N4CCCC4)cc3)C2=O)cc1. The highest BCUT2D eigenvalue weighted by Crippen LogP contribution is 2.25. The van der Waals surface area contributed by atoms with Gasteiger partial charge in [-0.25, -0.2) is 18.7 Å². The largest absolute Gasteiger partial charge is 0.497 e. The number of carbonyl (C=O) groups excluding carboxylic acids is 3. The number of anilines is 1. The third-order valence-electron chi connectivity index (χ3n) is 5.66. The quantitative estimate of drug-likeness (QED) is 0.456. The van der Waals surface area contributed by atoms with E-state index in [1.54, 1.807) is 24.3 Å². The number of sulfonamides is 1. The molecule has 3 amide bonds. The molecule has 174 valence electrons. The molecule has 0 bridgehead atoms. The lowest BCUT2D eigenvalue weighted by Gasteiger charge is -2.17. The van der Waals surface area contributed by atoms with E-state index in [0.717, 1.165) is 17.7 Å². The highest BCUT2D eigenvalue weighted by Gasteiger charge is 2.39. The van der Waals surface area contributed by atoms with Gasteiger partial charge in [-0.2, -0.15) is 4.31 Å². The molecule has 2 aliphatic rings. The molecule has 4 rings (SSSR count). The fraction of sp³-hybridized carbons (Fsp3) is 0.318. The maximum absolute atomic E-state index is 12.7. The van der Waals surface area contributed by atoms with Crippen molar-refractivity contribution >= 4 is 33.4 Å². The molecule has 2 fully saturated rings. The molecule has 1 atom stereocenters. The number of ether oxygens (including phenoxy) is 1. The number of hydrogen-bond donors (Lipinski definition) is 2. The number of methoxy groups -OCH3 is 1. The summed E-state index contributed by atoms with van der Waals surface area (Å²) in [5.41, 5.74) is 5.66. The zero-order valence-electron chi connectivity index (χ0n) is 18.0. The van der Waals surface area contributed by atoms with Crippen molar-refractivity contribution < 1.29 is 27.5 Å². The lowest BCUT2D eigenvalue weighted by Crippen LogP contribution is -2.48. The van der Waals surface area contributed by atoms with Gasteiger partial charge in [-0.1, -0.05) is 0 Å². The summed E-state index contributed by atoms with van der Waals surface area (Å²) in [6, 6.07) is 11.2. The highest BCUT2D eigenvalue weighted by molar-refractivity contribution is 7.89. The molecular weight excluding hydrogens is 448 g/mol. The molecule has 2 saturated heterocycles. The van der Waals surface area contributed by atoms with Gasteiger partial charge in [-0.15, -0.1) is 0 Å². The van der Waals surface area contributed by atoms with Crippen molar-refractivity contribution in [2.75, 3.05) is 25.1 Å². The van der Waals surface area contributed by atoms with Gasteiger partial charge in [0.2, 0.25) is 15.9 Å². The van der Waals surface area contributed by atoms with Gasteiger partial charge in [0.1, 0.15) is 11.8 Å². The van der Waals surface area contributed by atoms with E-state index in [4.69, 9.17) is 4.74 Å². The summed E-state index contributed by atoms with van der Waals surface area (Å²) < 4.78 is 31.7. The molecule has 2 heterocycles. The van der Waals surface area contributed by atoms with Gasteiger partial charge in [0.05, 0.1) is 24.1 Å². The first-order valence-electron chi connectivity index (χ1n) is 10.5. The van der Waals surface area contributed by atoms with Gasteiger partial charge in [-0.05, 0) is 61.4 Å². The predicted octanol–water partition coefficient (Wildman–Crippen LogP) is 1.05. The first-order valence-corrected chi connectivity index (χ1v) is 11.9. The second-order valence-corrected chi connectivity index (χ2v) is 9.69. The summed E-state index contributed by atoms with van der Waals surface area (Å²) in [6.07, 6.45) is 1.56. The third kappa shape index (κ3) is 4.61. The summed E-state index contributed by atoms with van der Waals surface area (Å²) in [5.74, 6) is -0.840. The zero-order chi connectivity index (χ0) is 23.6. The average Bonchev–Trinajstić information content (AvgIpc) is 3.46. The van der Waals surface area contributed by atoms with Crippen LogP contribution < -0.4 is 20.5 Å². The lowest BCUT2D eigenvalue weighted by atomic mass is 10.2. The number of rotatable bonds is 7. The third-order valence-corrected chi connectivity index (χ3v) is 7.57. The second kappa shape index (κ2) is 9.30. The van der Waals surface area contributed by atoms with Gasteiger partial charge in [0.15, 0.2) is 0 Å². The minimum Gasteiger partial charge on any atom is -0.497 e. The van der Waals surface area contributed by atoms with Crippen LogP contribution in [0.25, 0.3) is 0 Å². The molecule has 0 radical (unpaired) electrons. The lowest BCUT2D eigenvalue weighted by molar-refractivity contribution is -0.121. The molecule has 10 nitrogen and oxygen atoms in total. The molecule has 1 unspecified atom stereocenters. The Bertz CT molecular complexity index is 1160. The Morgan fingerprint density at radius 3 is 2.24 bits per heavy atom. The Morgan fingerprint density at radius 2 is 1.64 bits per heavy atom. The number of carbonyl (C=O) groups is 3. The van der Waals surface area contributed by atoms with Crippen LogP contribution in [0.2, 0.25) is 0 Å². The van der Waals surface area contributed by atoms with Crippen LogP contribution in [0.4, 0.5) is 5.69 Å². The standard InChI is InChI=1S/C22H24N4O6S/c1-32-17-8-6-16(7-9-17)26-20(27)14-19(22(26)29)23-24-21(28)15-4-10-18(11-5-15)33(30,31)25-12-2-3-13-25/h4-11,19,23H,2-3,12-14H2,1H3,(H,24,28). The Hall–Kier alpha value is -3.28. The Balaban J connectivity index is 1.37. The van der Waals surface area contributed by atoms with Crippen molar-refractivity contribution in [3.8, 4) is 5.75 Å². The molecule has 0 saturated carbocycles. The second-order valence-electron chi connectivity index (χ2n) is 7.76. The van der Waals surface area contributed by atoms with Gasteiger partial charge in [-0.3, -0.25) is 19.8 Å².